The van der Waals surface area contributed by atoms with E-state index in [0.29, 0.717) is 5.56 Å². The van der Waals surface area contributed by atoms with E-state index in [-0.39, 0.29) is 11.3 Å². The van der Waals surface area contributed by atoms with Gasteiger partial charge in [0.15, 0.2) is 0 Å². The largest absolute Gasteiger partial charge is 0.416 e. The lowest BCUT2D eigenvalue weighted by molar-refractivity contribution is -0.137. The summed E-state index contributed by atoms with van der Waals surface area (Å²) in [4.78, 5) is 0. The van der Waals surface area contributed by atoms with E-state index in [2.05, 4.69) is 0 Å². The van der Waals surface area contributed by atoms with Crippen LogP contribution in [0.2, 0.25) is 0 Å². The molecule has 1 saturated carbocycles. The van der Waals surface area contributed by atoms with Crippen LogP contribution in [0.5, 0.6) is 0 Å². The molecular weight excluding hydrogens is 229 g/mol. The van der Waals surface area contributed by atoms with Gasteiger partial charge in [-0.3, -0.25) is 0 Å². The van der Waals surface area contributed by atoms with E-state index in [1.165, 1.54) is 6.07 Å². The first kappa shape index (κ1) is 12.4. The van der Waals surface area contributed by atoms with Crippen LogP contribution in [0.1, 0.15) is 37.5 Å². The molecule has 0 bridgehead atoms. The molecule has 1 aliphatic carbocycles. The summed E-state index contributed by atoms with van der Waals surface area (Å²) in [6.07, 6.45) is -4.30. The second-order valence-electron chi connectivity index (χ2n) is 5.37. The van der Waals surface area contributed by atoms with Crippen molar-refractivity contribution in [2.24, 2.45) is 11.3 Å². The van der Waals surface area contributed by atoms with Gasteiger partial charge < -0.3 is 5.11 Å². The molecule has 1 fully saturated rings. The number of alkyl halides is 3. The molecule has 17 heavy (non-hydrogen) atoms. The zero-order chi connectivity index (χ0) is 12.8. The average Bonchev–Trinajstić information content (AvgIpc) is 2.86. The van der Waals surface area contributed by atoms with Crippen molar-refractivity contribution in [3.05, 3.63) is 35.4 Å². The predicted molar refractivity (Wildman–Crippen MR) is 58.3 cm³/mol. The minimum atomic E-state index is -4.35. The monoisotopic (exact) mass is 244 g/mol. The molecule has 0 spiro atoms. The lowest BCUT2D eigenvalue weighted by Crippen LogP contribution is -2.09. The molecule has 1 N–H and O–H groups in total. The van der Waals surface area contributed by atoms with Gasteiger partial charge in [-0.05, 0) is 35.4 Å². The summed E-state index contributed by atoms with van der Waals surface area (Å²) < 4.78 is 37.6. The first-order chi connectivity index (χ1) is 7.72. The topological polar surface area (TPSA) is 20.2 Å². The highest BCUT2D eigenvalue weighted by Crippen LogP contribution is 2.57. The Hall–Kier alpha value is -1.03. The highest BCUT2D eigenvalue weighted by molar-refractivity contribution is 5.28. The standard InChI is InChI=1S/C13H15F3O/c1-12(2)7-10(12)11(17)8-4-3-5-9(6-8)13(14,15)16/h3-6,10-11,17H,7H2,1-2H3. The maximum Gasteiger partial charge on any atom is 0.416 e. The minimum absolute atomic E-state index is 0.0354. The molecule has 0 aliphatic heterocycles. The summed E-state index contributed by atoms with van der Waals surface area (Å²) in [5.41, 5.74) is -0.309. The van der Waals surface area contributed by atoms with E-state index >= 15 is 0 Å². The van der Waals surface area contributed by atoms with E-state index in [4.69, 9.17) is 0 Å². The van der Waals surface area contributed by atoms with Crippen LogP contribution in [0.3, 0.4) is 0 Å². The maximum atomic E-state index is 12.5. The number of aliphatic hydroxyl groups excluding tert-OH is 1. The van der Waals surface area contributed by atoms with Crippen molar-refractivity contribution in [2.45, 2.75) is 32.5 Å². The fraction of sp³-hybridized carbons (Fsp3) is 0.538. The van der Waals surface area contributed by atoms with Crippen LogP contribution in [0, 0.1) is 11.3 Å². The molecule has 1 aromatic carbocycles. The summed E-state index contributed by atoms with van der Waals surface area (Å²) in [7, 11) is 0. The van der Waals surface area contributed by atoms with Crippen molar-refractivity contribution >= 4 is 0 Å². The molecular formula is C13H15F3O. The molecule has 2 atom stereocenters. The zero-order valence-corrected chi connectivity index (χ0v) is 9.75. The van der Waals surface area contributed by atoms with Crippen LogP contribution in [0.4, 0.5) is 13.2 Å². The van der Waals surface area contributed by atoms with Gasteiger partial charge >= 0.3 is 6.18 Å². The van der Waals surface area contributed by atoms with E-state index in [0.717, 1.165) is 18.6 Å². The van der Waals surface area contributed by atoms with E-state index in [1.54, 1.807) is 6.07 Å². The second kappa shape index (κ2) is 3.73. The molecule has 1 aromatic rings. The number of halogens is 3. The fourth-order valence-electron chi connectivity index (χ4n) is 2.18. The Kier molecular flexibility index (Phi) is 2.73. The van der Waals surface area contributed by atoms with E-state index < -0.39 is 17.8 Å². The van der Waals surface area contributed by atoms with Gasteiger partial charge in [-0.25, -0.2) is 0 Å². The molecule has 0 aromatic heterocycles. The highest BCUT2D eigenvalue weighted by Gasteiger charge is 2.50. The van der Waals surface area contributed by atoms with Gasteiger partial charge in [-0.2, -0.15) is 13.2 Å². The maximum absolute atomic E-state index is 12.5. The third-order valence-electron chi connectivity index (χ3n) is 3.53. The van der Waals surface area contributed by atoms with Crippen molar-refractivity contribution in [2.75, 3.05) is 0 Å². The molecule has 0 radical (unpaired) electrons. The molecule has 4 heteroatoms. The van der Waals surface area contributed by atoms with Crippen molar-refractivity contribution in [3.63, 3.8) is 0 Å². The first-order valence-corrected chi connectivity index (χ1v) is 5.57. The van der Waals surface area contributed by atoms with Gasteiger partial charge in [0.05, 0.1) is 11.7 Å². The smallest absolute Gasteiger partial charge is 0.388 e. The highest BCUT2D eigenvalue weighted by atomic mass is 19.4. The van der Waals surface area contributed by atoms with Crippen molar-refractivity contribution in [3.8, 4) is 0 Å². The Labute approximate surface area is 98.3 Å². The van der Waals surface area contributed by atoms with Crippen LogP contribution < -0.4 is 0 Å². The van der Waals surface area contributed by atoms with Crippen molar-refractivity contribution in [1.29, 1.82) is 0 Å². The van der Waals surface area contributed by atoms with Crippen LogP contribution in [0.25, 0.3) is 0 Å². The number of benzene rings is 1. The molecule has 1 aliphatic rings. The molecule has 94 valence electrons. The molecule has 0 saturated heterocycles. The zero-order valence-electron chi connectivity index (χ0n) is 9.75. The first-order valence-electron chi connectivity index (χ1n) is 5.57. The minimum Gasteiger partial charge on any atom is -0.388 e. The van der Waals surface area contributed by atoms with Gasteiger partial charge in [0, 0.05) is 0 Å². The van der Waals surface area contributed by atoms with Crippen LogP contribution in [0.15, 0.2) is 24.3 Å². The molecule has 0 amide bonds. The quantitative estimate of drug-likeness (QED) is 0.839. The number of hydrogen-bond acceptors (Lipinski definition) is 1. The average molecular weight is 244 g/mol. The second-order valence-corrected chi connectivity index (χ2v) is 5.37. The van der Waals surface area contributed by atoms with Crippen LogP contribution in [-0.2, 0) is 6.18 Å². The summed E-state index contributed by atoms with van der Waals surface area (Å²) in [6, 6.07) is 4.96. The van der Waals surface area contributed by atoms with Gasteiger partial charge in [0.2, 0.25) is 0 Å². The molecule has 0 heterocycles. The lowest BCUT2D eigenvalue weighted by atomic mass is 9.98. The number of hydrogen-bond donors (Lipinski definition) is 1. The van der Waals surface area contributed by atoms with Gasteiger partial charge in [-0.1, -0.05) is 26.0 Å². The molecule has 2 rings (SSSR count). The predicted octanol–water partition coefficient (Wildman–Crippen LogP) is 3.78. The van der Waals surface area contributed by atoms with Crippen molar-refractivity contribution in [1.82, 2.24) is 0 Å². The van der Waals surface area contributed by atoms with E-state index in [9.17, 15) is 18.3 Å². The Morgan fingerprint density at radius 3 is 2.41 bits per heavy atom. The fourth-order valence-corrected chi connectivity index (χ4v) is 2.18. The number of aliphatic hydroxyl groups is 1. The summed E-state index contributed by atoms with van der Waals surface area (Å²) in [6.45, 7) is 4.02. The third-order valence-corrected chi connectivity index (χ3v) is 3.53. The summed E-state index contributed by atoms with van der Waals surface area (Å²) in [5, 5.41) is 10.0. The third kappa shape index (κ3) is 2.46. The summed E-state index contributed by atoms with van der Waals surface area (Å²) in [5.74, 6) is 0.0611. The molecule has 1 nitrogen and oxygen atoms in total. The summed E-state index contributed by atoms with van der Waals surface area (Å²) >= 11 is 0. The normalized spacial score (nSPS) is 24.5. The number of rotatable bonds is 2. The Morgan fingerprint density at radius 2 is 1.94 bits per heavy atom. The van der Waals surface area contributed by atoms with Gasteiger partial charge in [0.25, 0.3) is 0 Å². The lowest BCUT2D eigenvalue weighted by Gasteiger charge is -2.15. The van der Waals surface area contributed by atoms with Gasteiger partial charge in [-0.15, -0.1) is 0 Å². The van der Waals surface area contributed by atoms with Crippen LogP contribution in [-0.4, -0.2) is 5.11 Å². The van der Waals surface area contributed by atoms with Crippen LogP contribution >= 0.6 is 0 Å². The van der Waals surface area contributed by atoms with Gasteiger partial charge in [0.1, 0.15) is 0 Å². The van der Waals surface area contributed by atoms with Crippen molar-refractivity contribution < 1.29 is 18.3 Å². The Bertz CT molecular complexity index is 423. The SMILES string of the molecule is CC1(C)CC1C(O)c1cccc(C(F)(F)F)c1. The Balaban J connectivity index is 2.23. The van der Waals surface area contributed by atoms with E-state index in [1.807, 2.05) is 13.8 Å². The molecule has 2 unspecified atom stereocenters. The Morgan fingerprint density at radius 1 is 1.35 bits per heavy atom.